The predicted octanol–water partition coefficient (Wildman–Crippen LogP) is 1.36. The van der Waals surface area contributed by atoms with E-state index >= 15 is 0 Å². The fraction of sp³-hybridized carbons (Fsp3) is 0.571. The van der Waals surface area contributed by atoms with E-state index in [1.165, 1.54) is 22.2 Å². The van der Waals surface area contributed by atoms with Crippen LogP contribution in [0.5, 0.6) is 0 Å². The van der Waals surface area contributed by atoms with Gasteiger partial charge >= 0.3 is 0 Å². The summed E-state index contributed by atoms with van der Waals surface area (Å²) in [7, 11) is -3.62. The van der Waals surface area contributed by atoms with E-state index in [4.69, 9.17) is 9.68 Å². The van der Waals surface area contributed by atoms with Gasteiger partial charge in [0.25, 0.3) is 5.91 Å². The minimum absolute atomic E-state index is 0.0331. The van der Waals surface area contributed by atoms with Crippen molar-refractivity contribution < 1.29 is 17.6 Å². The van der Waals surface area contributed by atoms with E-state index in [1.807, 2.05) is 6.07 Å². The summed E-state index contributed by atoms with van der Waals surface area (Å²) in [6.45, 7) is 4.54. The lowest BCUT2D eigenvalue weighted by Gasteiger charge is -2.15. The summed E-state index contributed by atoms with van der Waals surface area (Å²) in [4.78, 5) is 13.6. The standard InChI is InChI=1S/C14H19N3O4S/c1-3-16(9-6-15)14(18)12-10-13(11(2)21-12)22(19,20)17-7-4-5-8-17/h10H,3-5,7-9H2,1-2H3. The molecule has 1 amide bonds. The van der Waals surface area contributed by atoms with E-state index in [9.17, 15) is 13.2 Å². The quantitative estimate of drug-likeness (QED) is 0.762. The Morgan fingerprint density at radius 2 is 2.09 bits per heavy atom. The average molecular weight is 325 g/mol. The summed E-state index contributed by atoms with van der Waals surface area (Å²) >= 11 is 0. The van der Waals surface area contributed by atoms with E-state index in [2.05, 4.69) is 0 Å². The Kier molecular flexibility index (Phi) is 4.88. The van der Waals surface area contributed by atoms with E-state index in [0.29, 0.717) is 19.6 Å². The second-order valence-corrected chi connectivity index (χ2v) is 7.03. The topological polar surface area (TPSA) is 94.6 Å². The number of furan rings is 1. The molecule has 0 N–H and O–H groups in total. The Morgan fingerprint density at radius 3 is 2.64 bits per heavy atom. The van der Waals surface area contributed by atoms with E-state index < -0.39 is 15.9 Å². The van der Waals surface area contributed by atoms with Crippen LogP contribution in [-0.4, -0.2) is 49.7 Å². The average Bonchev–Trinajstić information content (AvgIpc) is 3.13. The molecular formula is C14H19N3O4S. The molecule has 22 heavy (non-hydrogen) atoms. The summed E-state index contributed by atoms with van der Waals surface area (Å²) in [6, 6.07) is 3.17. The molecule has 0 saturated carbocycles. The van der Waals surface area contributed by atoms with Crippen molar-refractivity contribution in [3.8, 4) is 6.07 Å². The van der Waals surface area contributed by atoms with Crippen LogP contribution in [0, 0.1) is 18.3 Å². The van der Waals surface area contributed by atoms with Crippen LogP contribution in [0.4, 0.5) is 0 Å². The summed E-state index contributed by atoms with van der Waals surface area (Å²) < 4.78 is 31.8. The molecule has 0 atom stereocenters. The van der Waals surface area contributed by atoms with Gasteiger partial charge < -0.3 is 9.32 Å². The molecule has 0 aliphatic carbocycles. The number of hydrogen-bond donors (Lipinski definition) is 0. The van der Waals surface area contributed by atoms with Crippen LogP contribution in [-0.2, 0) is 10.0 Å². The molecule has 1 aliphatic heterocycles. The van der Waals surface area contributed by atoms with Gasteiger partial charge in [-0.2, -0.15) is 9.57 Å². The van der Waals surface area contributed by atoms with Gasteiger partial charge in [0.15, 0.2) is 5.76 Å². The fourth-order valence-corrected chi connectivity index (χ4v) is 4.14. The van der Waals surface area contributed by atoms with Gasteiger partial charge in [0.1, 0.15) is 17.2 Å². The molecule has 0 radical (unpaired) electrons. The van der Waals surface area contributed by atoms with Gasteiger partial charge in [0.2, 0.25) is 10.0 Å². The number of carbonyl (C=O) groups excluding carboxylic acids is 1. The van der Waals surface area contributed by atoms with Gasteiger partial charge in [0, 0.05) is 25.7 Å². The van der Waals surface area contributed by atoms with E-state index in [-0.39, 0.29) is 23.0 Å². The van der Waals surface area contributed by atoms with Gasteiger partial charge in [-0.1, -0.05) is 0 Å². The summed E-state index contributed by atoms with van der Waals surface area (Å²) in [5.41, 5.74) is 0. The summed E-state index contributed by atoms with van der Waals surface area (Å²) in [5.74, 6) is -0.328. The molecule has 0 unspecified atom stereocenters. The normalized spacial score (nSPS) is 15.7. The number of hydrogen-bond acceptors (Lipinski definition) is 5. The number of nitriles is 1. The molecular weight excluding hydrogens is 306 g/mol. The van der Waals surface area contributed by atoms with Gasteiger partial charge in [-0.25, -0.2) is 8.42 Å². The maximum atomic E-state index is 12.5. The van der Waals surface area contributed by atoms with Crippen LogP contribution >= 0.6 is 0 Å². The van der Waals surface area contributed by atoms with Crippen molar-refractivity contribution in [2.24, 2.45) is 0 Å². The monoisotopic (exact) mass is 325 g/mol. The molecule has 1 aliphatic rings. The first-order valence-electron chi connectivity index (χ1n) is 7.18. The molecule has 0 bridgehead atoms. The zero-order valence-corrected chi connectivity index (χ0v) is 13.5. The van der Waals surface area contributed by atoms with Crippen LogP contribution < -0.4 is 0 Å². The third kappa shape index (κ3) is 3.00. The maximum absolute atomic E-state index is 12.5. The predicted molar refractivity (Wildman–Crippen MR) is 78.6 cm³/mol. The van der Waals surface area contributed by atoms with Gasteiger partial charge in [0.05, 0.1) is 6.07 Å². The number of aryl methyl sites for hydroxylation is 1. The van der Waals surface area contributed by atoms with Crippen LogP contribution in [0.2, 0.25) is 0 Å². The van der Waals surface area contributed by atoms with Gasteiger partial charge in [-0.3, -0.25) is 4.79 Å². The lowest BCUT2D eigenvalue weighted by Crippen LogP contribution is -2.31. The Labute approximate surface area is 130 Å². The molecule has 2 heterocycles. The second-order valence-electron chi connectivity index (χ2n) is 5.12. The zero-order valence-electron chi connectivity index (χ0n) is 12.7. The zero-order chi connectivity index (χ0) is 16.3. The minimum atomic E-state index is -3.62. The van der Waals surface area contributed by atoms with Crippen molar-refractivity contribution in [2.75, 3.05) is 26.2 Å². The van der Waals surface area contributed by atoms with Crippen molar-refractivity contribution in [3.05, 3.63) is 17.6 Å². The van der Waals surface area contributed by atoms with Crippen LogP contribution in [0.15, 0.2) is 15.4 Å². The summed E-state index contributed by atoms with van der Waals surface area (Å²) in [5, 5.41) is 8.72. The number of amides is 1. The Bertz CT molecular complexity index is 696. The van der Waals surface area contributed by atoms with Crippen molar-refractivity contribution in [2.45, 2.75) is 31.6 Å². The second kappa shape index (κ2) is 6.50. The van der Waals surface area contributed by atoms with Crippen LogP contribution in [0.25, 0.3) is 0 Å². The number of sulfonamides is 1. The molecule has 120 valence electrons. The third-order valence-electron chi connectivity index (χ3n) is 3.70. The number of carbonyl (C=O) groups is 1. The smallest absolute Gasteiger partial charge is 0.290 e. The van der Waals surface area contributed by atoms with Crippen molar-refractivity contribution >= 4 is 15.9 Å². The number of rotatable bonds is 5. The first-order valence-corrected chi connectivity index (χ1v) is 8.62. The Hall–Kier alpha value is -1.85. The maximum Gasteiger partial charge on any atom is 0.290 e. The highest BCUT2D eigenvalue weighted by atomic mass is 32.2. The van der Waals surface area contributed by atoms with E-state index in [1.54, 1.807) is 6.92 Å². The molecule has 0 spiro atoms. The Morgan fingerprint density at radius 1 is 1.45 bits per heavy atom. The SMILES string of the molecule is CCN(CC#N)C(=O)c1cc(S(=O)(=O)N2CCCC2)c(C)o1. The molecule has 1 fully saturated rings. The Balaban J connectivity index is 2.32. The highest BCUT2D eigenvalue weighted by Gasteiger charge is 2.32. The molecule has 1 aromatic rings. The first-order chi connectivity index (χ1) is 10.4. The first kappa shape index (κ1) is 16.5. The lowest BCUT2D eigenvalue weighted by molar-refractivity contribution is 0.0751. The number of nitrogens with zero attached hydrogens (tertiary/aromatic N) is 3. The highest BCUT2D eigenvalue weighted by molar-refractivity contribution is 7.89. The summed E-state index contributed by atoms with van der Waals surface area (Å²) in [6.07, 6.45) is 1.68. The molecule has 1 saturated heterocycles. The third-order valence-corrected chi connectivity index (χ3v) is 5.70. The van der Waals surface area contributed by atoms with E-state index in [0.717, 1.165) is 12.8 Å². The largest absolute Gasteiger partial charge is 0.455 e. The van der Waals surface area contributed by atoms with Crippen molar-refractivity contribution in [3.63, 3.8) is 0 Å². The van der Waals surface area contributed by atoms with Gasteiger partial charge in [-0.05, 0) is 26.7 Å². The fourth-order valence-electron chi connectivity index (χ4n) is 2.46. The lowest BCUT2D eigenvalue weighted by atomic mass is 10.3. The van der Waals surface area contributed by atoms with Crippen molar-refractivity contribution in [1.29, 1.82) is 5.26 Å². The highest BCUT2D eigenvalue weighted by Crippen LogP contribution is 2.26. The molecule has 7 nitrogen and oxygen atoms in total. The molecule has 8 heteroatoms. The molecule has 0 aromatic carbocycles. The molecule has 1 aromatic heterocycles. The van der Waals surface area contributed by atoms with Crippen LogP contribution in [0.3, 0.4) is 0 Å². The van der Waals surface area contributed by atoms with Crippen LogP contribution in [0.1, 0.15) is 36.1 Å². The van der Waals surface area contributed by atoms with Gasteiger partial charge in [-0.15, -0.1) is 0 Å². The van der Waals surface area contributed by atoms with Crippen molar-refractivity contribution in [1.82, 2.24) is 9.21 Å². The molecule has 2 rings (SSSR count). The minimum Gasteiger partial charge on any atom is -0.455 e.